The van der Waals surface area contributed by atoms with Crippen molar-refractivity contribution in [3.8, 4) is 5.75 Å². The number of carbonyl (C=O) groups excluding carboxylic acids is 2. The summed E-state index contributed by atoms with van der Waals surface area (Å²) in [7, 11) is 0. The van der Waals surface area contributed by atoms with Gasteiger partial charge in [0.15, 0.2) is 6.61 Å². The first kappa shape index (κ1) is 14.9. The Hall–Kier alpha value is -3.03. The van der Waals surface area contributed by atoms with Crippen LogP contribution in [0.5, 0.6) is 5.75 Å². The standard InChI is InChI=1S/C15H17N5O3/c1-9(18-15(22)16-7-11-4-5-17-20-11)10-2-3-13-12(6-10)19-14(21)8-23-13/h2-6,9H,7-8H2,1H3,(H,17,20)(H,19,21)(H2,16,18,22)/t9-/m0/s1. The molecule has 8 heteroatoms. The highest BCUT2D eigenvalue weighted by molar-refractivity contribution is 5.95. The second-order valence-corrected chi connectivity index (χ2v) is 5.22. The summed E-state index contributed by atoms with van der Waals surface area (Å²) in [5.74, 6) is 0.441. The van der Waals surface area contributed by atoms with E-state index in [1.165, 1.54) is 0 Å². The van der Waals surface area contributed by atoms with E-state index in [9.17, 15) is 9.59 Å². The number of hydrogen-bond donors (Lipinski definition) is 4. The van der Waals surface area contributed by atoms with Crippen molar-refractivity contribution in [3.05, 3.63) is 41.7 Å². The van der Waals surface area contributed by atoms with Gasteiger partial charge in [-0.1, -0.05) is 6.07 Å². The number of carbonyl (C=O) groups is 2. The van der Waals surface area contributed by atoms with E-state index in [1.807, 2.05) is 13.0 Å². The molecule has 0 bridgehead atoms. The van der Waals surface area contributed by atoms with Gasteiger partial charge in [-0.15, -0.1) is 0 Å². The molecule has 2 heterocycles. The van der Waals surface area contributed by atoms with Crippen molar-refractivity contribution in [1.82, 2.24) is 20.8 Å². The SMILES string of the molecule is C[C@H](NC(=O)NCc1ccn[nH]1)c1ccc2c(c1)NC(=O)CO2. The van der Waals surface area contributed by atoms with E-state index in [1.54, 1.807) is 24.4 Å². The third-order valence-electron chi connectivity index (χ3n) is 3.48. The molecule has 3 amide bonds. The van der Waals surface area contributed by atoms with Gasteiger partial charge in [0, 0.05) is 6.20 Å². The second kappa shape index (κ2) is 6.39. The molecule has 0 saturated heterocycles. The third-order valence-corrected chi connectivity index (χ3v) is 3.48. The lowest BCUT2D eigenvalue weighted by molar-refractivity contribution is -0.118. The molecule has 0 radical (unpaired) electrons. The Morgan fingerprint density at radius 2 is 2.30 bits per heavy atom. The summed E-state index contributed by atoms with van der Waals surface area (Å²) in [6.07, 6.45) is 1.63. The van der Waals surface area contributed by atoms with Crippen LogP contribution in [0.15, 0.2) is 30.5 Å². The van der Waals surface area contributed by atoms with E-state index < -0.39 is 0 Å². The Bertz CT molecular complexity index is 714. The largest absolute Gasteiger partial charge is 0.482 e. The number of H-pyrrole nitrogens is 1. The summed E-state index contributed by atoms with van der Waals surface area (Å²) in [5, 5.41) is 14.9. The molecule has 4 N–H and O–H groups in total. The molecule has 120 valence electrons. The molecular formula is C15H17N5O3. The van der Waals surface area contributed by atoms with Gasteiger partial charge in [-0.05, 0) is 30.7 Å². The number of nitrogens with zero attached hydrogens (tertiary/aromatic N) is 1. The smallest absolute Gasteiger partial charge is 0.315 e. The Morgan fingerprint density at radius 1 is 1.43 bits per heavy atom. The van der Waals surface area contributed by atoms with Gasteiger partial charge < -0.3 is 20.7 Å². The normalized spacial score (nSPS) is 14.2. The summed E-state index contributed by atoms with van der Waals surface area (Å²) in [6.45, 7) is 2.26. The zero-order chi connectivity index (χ0) is 16.2. The molecule has 0 saturated carbocycles. The van der Waals surface area contributed by atoms with Crippen LogP contribution < -0.4 is 20.7 Å². The maximum absolute atomic E-state index is 11.9. The highest BCUT2D eigenvalue weighted by atomic mass is 16.5. The van der Waals surface area contributed by atoms with E-state index in [0.29, 0.717) is 18.0 Å². The number of anilines is 1. The van der Waals surface area contributed by atoms with Crippen molar-refractivity contribution in [3.63, 3.8) is 0 Å². The van der Waals surface area contributed by atoms with E-state index in [2.05, 4.69) is 26.1 Å². The minimum absolute atomic E-state index is 0.0240. The van der Waals surface area contributed by atoms with Crippen molar-refractivity contribution in [2.75, 3.05) is 11.9 Å². The van der Waals surface area contributed by atoms with Crippen molar-refractivity contribution >= 4 is 17.6 Å². The quantitative estimate of drug-likeness (QED) is 0.682. The second-order valence-electron chi connectivity index (χ2n) is 5.22. The molecule has 23 heavy (non-hydrogen) atoms. The first-order valence-corrected chi connectivity index (χ1v) is 7.21. The fourth-order valence-electron chi connectivity index (χ4n) is 2.26. The summed E-state index contributed by atoms with van der Waals surface area (Å²) in [6, 6.07) is 6.72. The third kappa shape index (κ3) is 3.60. The van der Waals surface area contributed by atoms with Gasteiger partial charge in [-0.3, -0.25) is 9.89 Å². The van der Waals surface area contributed by atoms with Crippen LogP contribution in [0.2, 0.25) is 0 Å². The van der Waals surface area contributed by atoms with E-state index in [-0.39, 0.29) is 24.6 Å². The fourth-order valence-corrected chi connectivity index (χ4v) is 2.26. The van der Waals surface area contributed by atoms with Gasteiger partial charge in [0.1, 0.15) is 5.75 Å². The molecule has 2 aromatic rings. The van der Waals surface area contributed by atoms with Gasteiger partial charge in [0.05, 0.1) is 24.0 Å². The van der Waals surface area contributed by atoms with Gasteiger partial charge in [-0.2, -0.15) is 5.10 Å². The molecule has 0 spiro atoms. The Kier molecular flexibility index (Phi) is 4.13. The highest BCUT2D eigenvalue weighted by Crippen LogP contribution is 2.30. The lowest BCUT2D eigenvalue weighted by Gasteiger charge is -2.21. The number of urea groups is 1. The average molecular weight is 315 g/mol. The molecule has 0 unspecified atom stereocenters. The number of rotatable bonds is 4. The van der Waals surface area contributed by atoms with Crippen LogP contribution in [0.25, 0.3) is 0 Å². The summed E-state index contributed by atoms with van der Waals surface area (Å²) in [4.78, 5) is 23.3. The number of fused-ring (bicyclic) bond motifs is 1. The number of aromatic nitrogens is 2. The monoisotopic (exact) mass is 315 g/mol. The molecule has 8 nitrogen and oxygen atoms in total. The highest BCUT2D eigenvalue weighted by Gasteiger charge is 2.18. The lowest BCUT2D eigenvalue weighted by atomic mass is 10.1. The fraction of sp³-hybridized carbons (Fsp3) is 0.267. The van der Waals surface area contributed by atoms with Crippen LogP contribution in [0.4, 0.5) is 10.5 Å². The first-order valence-electron chi connectivity index (χ1n) is 7.21. The predicted octanol–water partition coefficient (Wildman–Crippen LogP) is 1.30. The maximum atomic E-state index is 11.9. The molecule has 1 aliphatic rings. The van der Waals surface area contributed by atoms with Crippen LogP contribution in [-0.4, -0.2) is 28.7 Å². The van der Waals surface area contributed by atoms with Crippen LogP contribution in [0.3, 0.4) is 0 Å². The number of hydrogen-bond acceptors (Lipinski definition) is 4. The number of ether oxygens (including phenoxy) is 1. The summed E-state index contributed by atoms with van der Waals surface area (Å²) in [5.41, 5.74) is 2.30. The van der Waals surface area contributed by atoms with Crippen LogP contribution in [-0.2, 0) is 11.3 Å². The Balaban J connectivity index is 1.59. The minimum atomic E-state index is -0.287. The first-order chi connectivity index (χ1) is 11.1. The summed E-state index contributed by atoms with van der Waals surface area (Å²) >= 11 is 0. The van der Waals surface area contributed by atoms with Crippen molar-refractivity contribution < 1.29 is 14.3 Å². The molecular weight excluding hydrogens is 298 g/mol. The average Bonchev–Trinajstić information content (AvgIpc) is 3.05. The molecule has 0 fully saturated rings. The topological polar surface area (TPSA) is 108 Å². The van der Waals surface area contributed by atoms with Crippen molar-refractivity contribution in [1.29, 1.82) is 0 Å². The number of nitrogens with one attached hydrogen (secondary N) is 4. The van der Waals surface area contributed by atoms with Gasteiger partial charge in [0.25, 0.3) is 5.91 Å². The van der Waals surface area contributed by atoms with Gasteiger partial charge in [-0.25, -0.2) is 4.79 Å². The van der Waals surface area contributed by atoms with Crippen molar-refractivity contribution in [2.45, 2.75) is 19.5 Å². The van der Waals surface area contributed by atoms with Crippen LogP contribution >= 0.6 is 0 Å². The minimum Gasteiger partial charge on any atom is -0.482 e. The summed E-state index contributed by atoms with van der Waals surface area (Å²) < 4.78 is 5.31. The zero-order valence-electron chi connectivity index (χ0n) is 12.6. The number of amides is 3. The van der Waals surface area contributed by atoms with Gasteiger partial charge in [0.2, 0.25) is 0 Å². The molecule has 1 atom stereocenters. The Morgan fingerprint density at radius 3 is 3.09 bits per heavy atom. The van der Waals surface area contributed by atoms with E-state index in [0.717, 1.165) is 11.3 Å². The maximum Gasteiger partial charge on any atom is 0.315 e. The van der Waals surface area contributed by atoms with Crippen LogP contribution in [0.1, 0.15) is 24.2 Å². The number of benzene rings is 1. The predicted molar refractivity (Wildman–Crippen MR) is 82.9 cm³/mol. The van der Waals surface area contributed by atoms with Crippen molar-refractivity contribution in [2.24, 2.45) is 0 Å². The van der Waals surface area contributed by atoms with Gasteiger partial charge >= 0.3 is 6.03 Å². The molecule has 0 aliphatic carbocycles. The number of aromatic amines is 1. The zero-order valence-corrected chi connectivity index (χ0v) is 12.6. The van der Waals surface area contributed by atoms with E-state index >= 15 is 0 Å². The Labute approximate surface area is 132 Å². The lowest BCUT2D eigenvalue weighted by Crippen LogP contribution is -2.36. The molecule has 1 aromatic heterocycles. The van der Waals surface area contributed by atoms with E-state index in [4.69, 9.17) is 4.74 Å². The van der Waals surface area contributed by atoms with Crippen LogP contribution in [0, 0.1) is 0 Å². The molecule has 3 rings (SSSR count). The molecule has 1 aromatic carbocycles. The molecule has 1 aliphatic heterocycles.